The number of hydrogen-bond donors (Lipinski definition) is 1. The predicted octanol–water partition coefficient (Wildman–Crippen LogP) is 2.24. The van der Waals surface area contributed by atoms with Crippen LogP contribution in [0.25, 0.3) is 0 Å². The van der Waals surface area contributed by atoms with Crippen molar-refractivity contribution in [2.45, 2.75) is 25.7 Å². The smallest absolute Gasteiger partial charge is 0.142 e. The maximum Gasteiger partial charge on any atom is 0.142 e. The summed E-state index contributed by atoms with van der Waals surface area (Å²) >= 11 is 0. The average Bonchev–Trinajstić information content (AvgIpc) is 2.68. The van der Waals surface area contributed by atoms with Gasteiger partial charge in [0.2, 0.25) is 0 Å². The minimum atomic E-state index is 0.467. The van der Waals surface area contributed by atoms with Gasteiger partial charge in [-0.15, -0.1) is 0 Å². The van der Waals surface area contributed by atoms with Gasteiger partial charge in [-0.3, -0.25) is 0 Å². The number of anilines is 1. The summed E-state index contributed by atoms with van der Waals surface area (Å²) in [6, 6.07) is 7.54. The molecule has 2 heterocycles. The molecule has 0 unspecified atom stereocenters. The van der Waals surface area contributed by atoms with E-state index >= 15 is 0 Å². The monoisotopic (exact) mass is 244 g/mol. The molecule has 0 spiro atoms. The van der Waals surface area contributed by atoms with Crippen molar-refractivity contribution >= 4 is 5.82 Å². The molecule has 18 heavy (non-hydrogen) atoms. The number of nitriles is 1. The quantitative estimate of drug-likeness (QED) is 0.882. The van der Waals surface area contributed by atoms with Crippen LogP contribution in [0.5, 0.6) is 0 Å². The predicted molar refractivity (Wildman–Crippen MR) is 72.3 cm³/mol. The molecule has 0 amide bonds. The van der Waals surface area contributed by atoms with E-state index in [0.717, 1.165) is 18.9 Å². The van der Waals surface area contributed by atoms with Crippen molar-refractivity contribution < 1.29 is 0 Å². The Kier molecular flexibility index (Phi) is 4.98. The fourth-order valence-corrected chi connectivity index (χ4v) is 2.30. The molecule has 1 aliphatic rings. The number of hydrogen-bond acceptors (Lipinski definition) is 4. The van der Waals surface area contributed by atoms with Crippen molar-refractivity contribution in [2.75, 3.05) is 31.5 Å². The molecule has 1 N–H and O–H groups in total. The van der Waals surface area contributed by atoms with Crippen LogP contribution in [0.3, 0.4) is 0 Å². The zero-order valence-electron chi connectivity index (χ0n) is 10.7. The Morgan fingerprint density at radius 3 is 2.72 bits per heavy atom. The largest absolute Gasteiger partial charge is 0.369 e. The molecule has 96 valence electrons. The molecule has 1 saturated heterocycles. The standard InChI is InChI=1S/C14H20N4/c15-12-13-6-5-7-14(17-13)16-8-11-18-9-3-1-2-4-10-18/h5-7H,1-4,8-11H2,(H,16,17). The van der Waals surface area contributed by atoms with E-state index in [-0.39, 0.29) is 0 Å². The number of pyridine rings is 1. The van der Waals surface area contributed by atoms with Gasteiger partial charge in [0.25, 0.3) is 0 Å². The zero-order valence-corrected chi connectivity index (χ0v) is 10.7. The van der Waals surface area contributed by atoms with Gasteiger partial charge in [-0.05, 0) is 38.1 Å². The normalized spacial score (nSPS) is 16.8. The molecule has 4 heteroatoms. The highest BCUT2D eigenvalue weighted by molar-refractivity contribution is 5.38. The first-order valence-electron chi connectivity index (χ1n) is 6.72. The van der Waals surface area contributed by atoms with Gasteiger partial charge in [-0.2, -0.15) is 5.26 Å². The average molecular weight is 244 g/mol. The molecule has 0 radical (unpaired) electrons. The number of aromatic nitrogens is 1. The molecule has 1 aliphatic heterocycles. The van der Waals surface area contributed by atoms with Crippen LogP contribution in [0.2, 0.25) is 0 Å². The first-order chi connectivity index (χ1) is 8.88. The van der Waals surface area contributed by atoms with Crippen molar-refractivity contribution in [3.05, 3.63) is 23.9 Å². The summed E-state index contributed by atoms with van der Waals surface area (Å²) in [6.45, 7) is 4.38. The number of nitrogens with zero attached hydrogens (tertiary/aromatic N) is 3. The number of rotatable bonds is 4. The van der Waals surface area contributed by atoms with Gasteiger partial charge in [0.1, 0.15) is 17.6 Å². The van der Waals surface area contributed by atoms with Crippen molar-refractivity contribution in [3.63, 3.8) is 0 Å². The van der Waals surface area contributed by atoms with E-state index in [4.69, 9.17) is 5.26 Å². The SMILES string of the molecule is N#Cc1cccc(NCCN2CCCCCC2)n1. The maximum absolute atomic E-state index is 8.77. The Hall–Kier alpha value is -1.60. The van der Waals surface area contributed by atoms with Gasteiger partial charge in [0, 0.05) is 13.1 Å². The van der Waals surface area contributed by atoms with Crippen LogP contribution >= 0.6 is 0 Å². The highest BCUT2D eigenvalue weighted by Gasteiger charge is 2.08. The Bertz CT molecular complexity index is 403. The van der Waals surface area contributed by atoms with Crippen LogP contribution in [0.15, 0.2) is 18.2 Å². The van der Waals surface area contributed by atoms with Crippen LogP contribution in [0, 0.1) is 11.3 Å². The molecule has 2 rings (SSSR count). The van der Waals surface area contributed by atoms with Crippen molar-refractivity contribution in [2.24, 2.45) is 0 Å². The van der Waals surface area contributed by atoms with Gasteiger partial charge in [-0.1, -0.05) is 18.9 Å². The van der Waals surface area contributed by atoms with Gasteiger partial charge in [-0.25, -0.2) is 4.98 Å². The lowest BCUT2D eigenvalue weighted by Gasteiger charge is -2.19. The van der Waals surface area contributed by atoms with E-state index in [2.05, 4.69) is 21.3 Å². The number of likely N-dealkylation sites (tertiary alicyclic amines) is 1. The maximum atomic E-state index is 8.77. The van der Waals surface area contributed by atoms with Crippen LogP contribution in [0.4, 0.5) is 5.82 Å². The highest BCUT2D eigenvalue weighted by atomic mass is 15.1. The Balaban J connectivity index is 1.75. The van der Waals surface area contributed by atoms with Gasteiger partial charge in [0.15, 0.2) is 0 Å². The third-order valence-corrected chi connectivity index (χ3v) is 3.30. The lowest BCUT2D eigenvalue weighted by atomic mass is 10.2. The van der Waals surface area contributed by atoms with Crippen LogP contribution in [-0.2, 0) is 0 Å². The van der Waals surface area contributed by atoms with E-state index in [1.807, 2.05) is 12.1 Å². The summed E-state index contributed by atoms with van der Waals surface area (Å²) in [5, 5.41) is 12.1. The summed E-state index contributed by atoms with van der Waals surface area (Å²) in [6.07, 6.45) is 5.38. The third kappa shape index (κ3) is 4.01. The third-order valence-electron chi connectivity index (χ3n) is 3.30. The van der Waals surface area contributed by atoms with Crippen LogP contribution < -0.4 is 5.32 Å². The summed E-state index contributed by atoms with van der Waals surface area (Å²) in [5.74, 6) is 0.795. The van der Waals surface area contributed by atoms with E-state index in [9.17, 15) is 0 Å². The second-order valence-electron chi connectivity index (χ2n) is 4.70. The van der Waals surface area contributed by atoms with Gasteiger partial charge in [0.05, 0.1) is 0 Å². The zero-order chi connectivity index (χ0) is 12.6. The Morgan fingerprint density at radius 2 is 2.00 bits per heavy atom. The second kappa shape index (κ2) is 6.97. The topological polar surface area (TPSA) is 52.0 Å². The summed E-state index contributed by atoms with van der Waals surface area (Å²) in [7, 11) is 0. The van der Waals surface area contributed by atoms with E-state index < -0.39 is 0 Å². The van der Waals surface area contributed by atoms with Crippen LogP contribution in [-0.4, -0.2) is 36.1 Å². The lowest BCUT2D eigenvalue weighted by Crippen LogP contribution is -2.30. The minimum Gasteiger partial charge on any atom is -0.369 e. The Morgan fingerprint density at radius 1 is 1.22 bits per heavy atom. The molecular weight excluding hydrogens is 224 g/mol. The molecule has 0 bridgehead atoms. The molecular formula is C14H20N4. The van der Waals surface area contributed by atoms with Crippen LogP contribution in [0.1, 0.15) is 31.4 Å². The molecule has 0 aliphatic carbocycles. The first-order valence-corrected chi connectivity index (χ1v) is 6.72. The van der Waals surface area contributed by atoms with Gasteiger partial charge >= 0.3 is 0 Å². The number of nitrogens with one attached hydrogen (secondary N) is 1. The molecule has 0 aromatic carbocycles. The molecule has 0 saturated carbocycles. The van der Waals surface area contributed by atoms with E-state index in [0.29, 0.717) is 5.69 Å². The van der Waals surface area contributed by atoms with Gasteiger partial charge < -0.3 is 10.2 Å². The molecule has 1 aromatic heterocycles. The first kappa shape index (κ1) is 12.8. The summed E-state index contributed by atoms with van der Waals surface area (Å²) in [5.41, 5.74) is 0.467. The Labute approximate surface area is 109 Å². The lowest BCUT2D eigenvalue weighted by molar-refractivity contribution is 0.296. The van der Waals surface area contributed by atoms with Crippen molar-refractivity contribution in [3.8, 4) is 6.07 Å². The fraction of sp³-hybridized carbons (Fsp3) is 0.571. The highest BCUT2D eigenvalue weighted by Crippen LogP contribution is 2.09. The molecule has 4 nitrogen and oxygen atoms in total. The summed E-state index contributed by atoms with van der Waals surface area (Å²) < 4.78 is 0. The fourth-order valence-electron chi connectivity index (χ4n) is 2.30. The molecule has 1 fully saturated rings. The molecule has 0 atom stereocenters. The minimum absolute atomic E-state index is 0.467. The van der Waals surface area contributed by atoms with E-state index in [1.165, 1.54) is 38.8 Å². The second-order valence-corrected chi connectivity index (χ2v) is 4.70. The summed E-state index contributed by atoms with van der Waals surface area (Å²) in [4.78, 5) is 6.71. The van der Waals surface area contributed by atoms with Crippen molar-refractivity contribution in [1.82, 2.24) is 9.88 Å². The van der Waals surface area contributed by atoms with E-state index in [1.54, 1.807) is 6.07 Å². The van der Waals surface area contributed by atoms with Crippen molar-refractivity contribution in [1.29, 1.82) is 5.26 Å². The molecule has 1 aromatic rings.